The van der Waals surface area contributed by atoms with Gasteiger partial charge in [0, 0.05) is 23.8 Å². The summed E-state index contributed by atoms with van der Waals surface area (Å²) in [5.74, 6) is 2.42. The van der Waals surface area contributed by atoms with Crippen molar-refractivity contribution in [1.82, 2.24) is 4.90 Å². The van der Waals surface area contributed by atoms with Gasteiger partial charge in [0.05, 0.1) is 21.3 Å². The summed E-state index contributed by atoms with van der Waals surface area (Å²) < 4.78 is 16.8. The van der Waals surface area contributed by atoms with Gasteiger partial charge in [-0.3, -0.25) is 0 Å². The molecule has 32 heavy (non-hydrogen) atoms. The van der Waals surface area contributed by atoms with Crippen LogP contribution in [0.25, 0.3) is 0 Å². The maximum Gasteiger partial charge on any atom is 0.203 e. The number of thiocarbonyl (C=S) groups is 1. The lowest BCUT2D eigenvalue weighted by atomic mass is 9.97. The van der Waals surface area contributed by atoms with E-state index in [4.69, 9.17) is 26.4 Å². The second-order valence-electron chi connectivity index (χ2n) is 8.66. The van der Waals surface area contributed by atoms with Gasteiger partial charge < -0.3 is 24.4 Å². The fourth-order valence-corrected chi connectivity index (χ4v) is 4.98. The molecule has 174 valence electrons. The van der Waals surface area contributed by atoms with Crippen molar-refractivity contribution in [3.63, 3.8) is 0 Å². The maximum absolute atomic E-state index is 5.97. The zero-order valence-electron chi connectivity index (χ0n) is 20.2. The normalized spacial score (nSPS) is 13.8. The molecule has 2 aromatic carbocycles. The van der Waals surface area contributed by atoms with Crippen LogP contribution >= 0.6 is 12.2 Å². The predicted molar refractivity (Wildman–Crippen MR) is 135 cm³/mol. The van der Waals surface area contributed by atoms with E-state index in [-0.39, 0.29) is 0 Å². The van der Waals surface area contributed by atoms with E-state index in [1.807, 2.05) is 12.1 Å². The Morgan fingerprint density at radius 1 is 1.03 bits per heavy atom. The first kappa shape index (κ1) is 24.2. The molecular formula is C26H36N2O3S. The minimum atomic E-state index is 0.404. The van der Waals surface area contributed by atoms with Crippen molar-refractivity contribution in [1.29, 1.82) is 0 Å². The first-order valence-corrected chi connectivity index (χ1v) is 11.8. The van der Waals surface area contributed by atoms with Crippen LogP contribution in [0, 0.1) is 6.92 Å². The Hall–Kier alpha value is -2.47. The van der Waals surface area contributed by atoms with Crippen molar-refractivity contribution >= 4 is 23.0 Å². The van der Waals surface area contributed by atoms with Crippen molar-refractivity contribution in [3.05, 3.63) is 47.0 Å². The summed E-state index contributed by atoms with van der Waals surface area (Å²) in [5, 5.41) is 4.30. The SMILES string of the molecule is COc1ccc(CN(C(=S)Nc2cccc(C(C)C)c2C)C2CCCC2)c(OC)c1OC. The topological polar surface area (TPSA) is 43.0 Å². The third-order valence-electron chi connectivity index (χ3n) is 6.39. The molecule has 0 aliphatic heterocycles. The third kappa shape index (κ3) is 5.12. The van der Waals surface area contributed by atoms with Gasteiger partial charge in [-0.05, 0) is 67.2 Å². The van der Waals surface area contributed by atoms with E-state index < -0.39 is 0 Å². The average Bonchev–Trinajstić information content (AvgIpc) is 3.32. The maximum atomic E-state index is 5.97. The average molecular weight is 457 g/mol. The molecule has 1 saturated carbocycles. The number of benzene rings is 2. The second-order valence-corrected chi connectivity index (χ2v) is 9.05. The Morgan fingerprint density at radius 3 is 2.31 bits per heavy atom. The number of hydrogen-bond donors (Lipinski definition) is 1. The molecule has 0 radical (unpaired) electrons. The molecule has 2 aromatic rings. The van der Waals surface area contributed by atoms with Gasteiger partial charge in [-0.2, -0.15) is 0 Å². The zero-order chi connectivity index (χ0) is 23.3. The molecule has 0 spiro atoms. The van der Waals surface area contributed by atoms with Gasteiger partial charge in [-0.15, -0.1) is 0 Å². The molecule has 1 aliphatic rings. The Morgan fingerprint density at radius 2 is 1.72 bits per heavy atom. The summed E-state index contributed by atoms with van der Waals surface area (Å²) in [5.41, 5.74) is 4.68. The fraction of sp³-hybridized carbons (Fsp3) is 0.500. The number of nitrogens with zero attached hydrogens (tertiary/aromatic N) is 1. The summed E-state index contributed by atoms with van der Waals surface area (Å²) in [7, 11) is 4.93. The lowest BCUT2D eigenvalue weighted by Crippen LogP contribution is -2.41. The van der Waals surface area contributed by atoms with Crippen molar-refractivity contribution in [3.8, 4) is 17.2 Å². The van der Waals surface area contributed by atoms with Crippen molar-refractivity contribution in [2.75, 3.05) is 26.6 Å². The molecule has 0 atom stereocenters. The molecule has 5 nitrogen and oxygen atoms in total. The Labute approximate surface area is 198 Å². The highest BCUT2D eigenvalue weighted by molar-refractivity contribution is 7.80. The minimum Gasteiger partial charge on any atom is -0.493 e. The molecule has 0 bridgehead atoms. The van der Waals surface area contributed by atoms with Gasteiger partial charge in [0.25, 0.3) is 0 Å². The first-order chi connectivity index (χ1) is 15.4. The molecule has 0 unspecified atom stereocenters. The van der Waals surface area contributed by atoms with Crippen LogP contribution in [-0.4, -0.2) is 37.4 Å². The van der Waals surface area contributed by atoms with E-state index in [1.54, 1.807) is 21.3 Å². The van der Waals surface area contributed by atoms with E-state index in [1.165, 1.54) is 24.0 Å². The lowest BCUT2D eigenvalue weighted by Gasteiger charge is -2.33. The molecule has 0 aromatic heterocycles. The van der Waals surface area contributed by atoms with Crippen LogP contribution in [-0.2, 0) is 6.54 Å². The number of hydrogen-bond acceptors (Lipinski definition) is 4. The van der Waals surface area contributed by atoms with Crippen LogP contribution in [0.3, 0.4) is 0 Å². The van der Waals surface area contributed by atoms with Crippen molar-refractivity contribution in [2.24, 2.45) is 0 Å². The van der Waals surface area contributed by atoms with Crippen LogP contribution in [0.4, 0.5) is 5.69 Å². The third-order valence-corrected chi connectivity index (χ3v) is 6.73. The smallest absolute Gasteiger partial charge is 0.203 e. The largest absolute Gasteiger partial charge is 0.493 e. The highest BCUT2D eigenvalue weighted by Gasteiger charge is 2.27. The van der Waals surface area contributed by atoms with Crippen molar-refractivity contribution in [2.45, 2.75) is 65.0 Å². The standard InChI is InChI=1S/C26H36N2O3S/c1-17(2)21-12-9-13-22(18(21)3)27-26(32)28(20-10-7-8-11-20)16-19-14-15-23(29-4)25(31-6)24(19)30-5/h9,12-15,17,20H,7-8,10-11,16H2,1-6H3,(H,27,32). The molecule has 0 amide bonds. The molecule has 0 saturated heterocycles. The Balaban J connectivity index is 1.92. The number of nitrogens with one attached hydrogen (secondary N) is 1. The summed E-state index contributed by atoms with van der Waals surface area (Å²) in [6.07, 6.45) is 4.74. The van der Waals surface area contributed by atoms with Gasteiger partial charge in [-0.25, -0.2) is 0 Å². The highest BCUT2D eigenvalue weighted by Crippen LogP contribution is 2.41. The summed E-state index contributed by atoms with van der Waals surface area (Å²) >= 11 is 5.97. The number of anilines is 1. The molecule has 0 heterocycles. The van der Waals surface area contributed by atoms with Crippen LogP contribution in [0.15, 0.2) is 30.3 Å². The number of rotatable bonds is 8. The van der Waals surface area contributed by atoms with Crippen LogP contribution in [0.5, 0.6) is 17.2 Å². The van der Waals surface area contributed by atoms with E-state index in [9.17, 15) is 0 Å². The van der Waals surface area contributed by atoms with Gasteiger partial charge in [0.15, 0.2) is 16.6 Å². The zero-order valence-corrected chi connectivity index (χ0v) is 21.0. The lowest BCUT2D eigenvalue weighted by molar-refractivity contribution is 0.295. The second kappa shape index (κ2) is 10.9. The molecule has 1 N–H and O–H groups in total. The number of methoxy groups -OCH3 is 3. The number of ether oxygens (including phenoxy) is 3. The monoisotopic (exact) mass is 456 g/mol. The van der Waals surface area contributed by atoms with Gasteiger partial charge in [0.1, 0.15) is 0 Å². The predicted octanol–water partition coefficient (Wildman–Crippen LogP) is 6.29. The van der Waals surface area contributed by atoms with Crippen molar-refractivity contribution < 1.29 is 14.2 Å². The molecule has 6 heteroatoms. The molecule has 1 fully saturated rings. The molecule has 3 rings (SSSR count). The Kier molecular flexibility index (Phi) is 8.24. The molecular weight excluding hydrogens is 420 g/mol. The Bertz CT molecular complexity index is 939. The van der Waals surface area contributed by atoms with Gasteiger partial charge in [0.2, 0.25) is 5.75 Å². The quantitative estimate of drug-likeness (QED) is 0.471. The van der Waals surface area contributed by atoms with Crippen LogP contribution in [0.2, 0.25) is 0 Å². The molecule has 1 aliphatic carbocycles. The van der Waals surface area contributed by atoms with Crippen LogP contribution < -0.4 is 19.5 Å². The first-order valence-electron chi connectivity index (χ1n) is 11.4. The summed E-state index contributed by atoms with van der Waals surface area (Å²) in [6.45, 7) is 7.25. The summed E-state index contributed by atoms with van der Waals surface area (Å²) in [6, 6.07) is 10.8. The fourth-order valence-electron chi connectivity index (χ4n) is 4.66. The van der Waals surface area contributed by atoms with Gasteiger partial charge in [-0.1, -0.05) is 38.8 Å². The van der Waals surface area contributed by atoms with E-state index in [2.05, 4.69) is 49.2 Å². The highest BCUT2D eigenvalue weighted by atomic mass is 32.1. The van der Waals surface area contributed by atoms with Gasteiger partial charge >= 0.3 is 0 Å². The van der Waals surface area contributed by atoms with Crippen LogP contribution in [0.1, 0.15) is 62.1 Å². The van der Waals surface area contributed by atoms with E-state index in [0.29, 0.717) is 35.8 Å². The van der Waals surface area contributed by atoms with E-state index in [0.717, 1.165) is 29.2 Å². The minimum absolute atomic E-state index is 0.404. The van der Waals surface area contributed by atoms with E-state index >= 15 is 0 Å². The summed E-state index contributed by atoms with van der Waals surface area (Å²) in [4.78, 5) is 2.31.